The maximum atomic E-state index is 9.60. The van der Waals surface area contributed by atoms with Gasteiger partial charge in [-0.25, -0.2) is 9.69 Å². The zero-order chi connectivity index (χ0) is 34.1. The molecule has 232 valence electrons. The summed E-state index contributed by atoms with van der Waals surface area (Å²) in [6, 6.07) is 60.3. The molecule has 1 aromatic heterocycles. The highest BCUT2D eigenvalue weighted by atomic mass is 28.3. The van der Waals surface area contributed by atoms with Crippen molar-refractivity contribution in [2.45, 2.75) is 0 Å². The van der Waals surface area contributed by atoms with Crippen LogP contribution in [0.4, 0.5) is 11.4 Å². The fourth-order valence-electron chi connectivity index (χ4n) is 7.43. The van der Waals surface area contributed by atoms with Crippen LogP contribution in [0.2, 0.25) is 0 Å². The number of hydrogen-bond donors (Lipinski definition) is 0. The molecule has 0 radical (unpaired) electrons. The van der Waals surface area contributed by atoms with Crippen LogP contribution in [-0.2, 0) is 0 Å². The minimum Gasteiger partial charge on any atom is -0.311 e. The molecule has 0 aliphatic rings. The molecule has 0 saturated carbocycles. The van der Waals surface area contributed by atoms with Crippen LogP contribution in [0, 0.1) is 24.5 Å². The van der Waals surface area contributed by atoms with Crippen molar-refractivity contribution in [3.05, 3.63) is 198 Å². The molecule has 0 aliphatic heterocycles. The van der Waals surface area contributed by atoms with Crippen LogP contribution in [0.5, 0.6) is 0 Å². The predicted molar refractivity (Wildman–Crippen MR) is 207 cm³/mol. The lowest BCUT2D eigenvalue weighted by Gasteiger charge is -2.35. The van der Waals surface area contributed by atoms with Crippen molar-refractivity contribution in [1.82, 2.24) is 4.57 Å². The molecule has 0 aliphatic carbocycles. The summed E-state index contributed by atoms with van der Waals surface area (Å²) in [6.45, 7) is 16.5. The Balaban J connectivity index is 1.37. The first-order valence-corrected chi connectivity index (χ1v) is 18.3. The van der Waals surface area contributed by atoms with E-state index in [1.54, 1.807) is 0 Å². The van der Waals surface area contributed by atoms with Crippen LogP contribution >= 0.6 is 0 Å². The third kappa shape index (κ3) is 4.88. The molecule has 0 saturated heterocycles. The van der Waals surface area contributed by atoms with Gasteiger partial charge in [0.05, 0.1) is 35.8 Å². The second kappa shape index (κ2) is 12.6. The molecular formula is C45H28N4Si. The van der Waals surface area contributed by atoms with Crippen molar-refractivity contribution < 1.29 is 0 Å². The van der Waals surface area contributed by atoms with Crippen LogP contribution in [0.15, 0.2) is 170 Å². The Labute approximate surface area is 292 Å². The number of aromatic nitrogens is 1. The summed E-state index contributed by atoms with van der Waals surface area (Å²) < 4.78 is 2.16. The maximum absolute atomic E-state index is 9.60. The van der Waals surface area contributed by atoms with Crippen molar-refractivity contribution in [3.8, 4) is 22.9 Å². The number of rotatable bonds is 6. The van der Waals surface area contributed by atoms with Gasteiger partial charge in [-0.3, -0.25) is 0 Å². The molecule has 0 spiro atoms. The fourth-order valence-corrected chi connectivity index (χ4v) is 12.2. The predicted octanol–water partition coefficient (Wildman–Crippen LogP) is 8.80. The highest BCUT2D eigenvalue weighted by Crippen LogP contribution is 2.38. The van der Waals surface area contributed by atoms with Gasteiger partial charge >= 0.3 is 0 Å². The molecule has 4 nitrogen and oxygen atoms in total. The lowest BCUT2D eigenvalue weighted by Crippen LogP contribution is -2.74. The van der Waals surface area contributed by atoms with Gasteiger partial charge in [-0.2, -0.15) is 5.26 Å². The molecule has 0 unspecified atom stereocenters. The van der Waals surface area contributed by atoms with E-state index in [1.807, 2.05) is 66.7 Å². The van der Waals surface area contributed by atoms with Gasteiger partial charge in [-0.05, 0) is 69.2 Å². The maximum Gasteiger partial charge on any atom is 0.196 e. The lowest BCUT2D eigenvalue weighted by molar-refractivity contribution is 1.18. The molecule has 0 amide bonds. The monoisotopic (exact) mass is 652 g/mol. The highest BCUT2D eigenvalue weighted by molar-refractivity contribution is 7.20. The molecule has 8 aromatic rings. The Hall–Kier alpha value is -6.97. The number of fused-ring (bicyclic) bond motifs is 3. The molecule has 0 atom stereocenters. The molecule has 0 N–H and O–H groups in total. The third-order valence-corrected chi connectivity index (χ3v) is 14.3. The van der Waals surface area contributed by atoms with Crippen LogP contribution in [0.25, 0.3) is 48.3 Å². The van der Waals surface area contributed by atoms with E-state index in [-0.39, 0.29) is 0 Å². The van der Waals surface area contributed by atoms with Crippen molar-refractivity contribution in [2.75, 3.05) is 0 Å². The second-order valence-corrected chi connectivity index (χ2v) is 16.0. The molecular weight excluding hydrogens is 625 g/mol. The first-order chi connectivity index (χ1) is 24.6. The van der Waals surface area contributed by atoms with Crippen LogP contribution < -0.4 is 20.7 Å². The molecule has 7 aromatic carbocycles. The molecule has 50 heavy (non-hydrogen) atoms. The summed E-state index contributed by atoms with van der Waals surface area (Å²) in [5.74, 6) is 0. The Morgan fingerprint density at radius 3 is 1.72 bits per heavy atom. The Morgan fingerprint density at radius 1 is 0.520 bits per heavy atom. The van der Waals surface area contributed by atoms with E-state index < -0.39 is 8.07 Å². The summed E-state index contributed by atoms with van der Waals surface area (Å²) in [5.41, 5.74) is 6.09. The van der Waals surface area contributed by atoms with Crippen LogP contribution in [0.3, 0.4) is 0 Å². The molecule has 0 bridgehead atoms. The van der Waals surface area contributed by atoms with E-state index in [0.29, 0.717) is 16.9 Å². The average molecular weight is 653 g/mol. The standard InChI is InChI=1S/C45H28N4Si/c1-47-34-27-33(28-39(29-34)50(36-14-6-3-7-15-36,37-16-8-4-9-17-37)38-18-10-5-11-19-38)40-24-23-35(30-43(40)48-2)49-44-21-13-12-20-41(44)42-26-32(31-46)22-25-45(42)49/h3-30H. The topological polar surface area (TPSA) is 37.4 Å². The van der Waals surface area contributed by atoms with Gasteiger partial charge in [0.1, 0.15) is 0 Å². The lowest BCUT2D eigenvalue weighted by atomic mass is 10.0. The SMILES string of the molecule is [C-]#[N+]c1cc(-c2ccc(-n3c4ccccc4c4cc(C#N)ccc43)cc2[N+]#[C-])cc([Si](c2ccccc2)(c2ccccc2)c2ccccc2)c1. The van der Waals surface area contributed by atoms with E-state index in [9.17, 15) is 5.26 Å². The Bertz CT molecular complexity index is 2580. The van der Waals surface area contributed by atoms with Crippen molar-refractivity contribution in [3.63, 3.8) is 0 Å². The first-order valence-electron chi connectivity index (χ1n) is 16.3. The van der Waals surface area contributed by atoms with Gasteiger partial charge in [-0.1, -0.05) is 133 Å². The summed E-state index contributed by atoms with van der Waals surface area (Å²) in [5, 5.41) is 16.4. The quantitative estimate of drug-likeness (QED) is 0.101. The zero-order valence-electron chi connectivity index (χ0n) is 27.0. The second-order valence-electron chi connectivity index (χ2n) is 12.2. The van der Waals surface area contributed by atoms with E-state index in [2.05, 4.69) is 123 Å². The van der Waals surface area contributed by atoms with Gasteiger partial charge in [0, 0.05) is 16.5 Å². The van der Waals surface area contributed by atoms with E-state index in [1.165, 1.54) is 15.6 Å². The summed E-state index contributed by atoms with van der Waals surface area (Å²) in [6.07, 6.45) is 0. The molecule has 8 rings (SSSR count). The minimum atomic E-state index is -2.91. The summed E-state index contributed by atoms with van der Waals surface area (Å²) >= 11 is 0. The first kappa shape index (κ1) is 30.4. The smallest absolute Gasteiger partial charge is 0.196 e. The van der Waals surface area contributed by atoms with Gasteiger partial charge in [-0.15, -0.1) is 0 Å². The number of nitriles is 1. The Kier molecular flexibility index (Phi) is 7.63. The molecule has 1 heterocycles. The number of nitrogens with zero attached hydrogens (tertiary/aromatic N) is 4. The van der Waals surface area contributed by atoms with E-state index in [0.717, 1.165) is 43.8 Å². The number of para-hydroxylation sites is 1. The third-order valence-electron chi connectivity index (χ3n) is 9.57. The van der Waals surface area contributed by atoms with E-state index in [4.69, 9.17) is 13.1 Å². The van der Waals surface area contributed by atoms with Gasteiger partial charge in [0.2, 0.25) is 0 Å². The fraction of sp³-hybridized carbons (Fsp3) is 0. The minimum absolute atomic E-state index is 0.501. The van der Waals surface area contributed by atoms with E-state index >= 15 is 0 Å². The number of benzene rings is 7. The summed E-state index contributed by atoms with van der Waals surface area (Å²) in [7, 11) is -2.91. The molecule has 0 fully saturated rings. The number of hydrogen-bond acceptors (Lipinski definition) is 1. The normalized spacial score (nSPS) is 11.1. The summed E-state index contributed by atoms with van der Waals surface area (Å²) in [4.78, 5) is 8.03. The van der Waals surface area contributed by atoms with Crippen molar-refractivity contribution >= 4 is 62.0 Å². The largest absolute Gasteiger partial charge is 0.311 e. The van der Waals surface area contributed by atoms with Crippen LogP contribution in [0.1, 0.15) is 5.56 Å². The average Bonchev–Trinajstić information content (AvgIpc) is 3.52. The van der Waals surface area contributed by atoms with Gasteiger partial charge < -0.3 is 4.57 Å². The Morgan fingerprint density at radius 2 is 1.12 bits per heavy atom. The van der Waals surface area contributed by atoms with Crippen LogP contribution in [-0.4, -0.2) is 12.6 Å². The van der Waals surface area contributed by atoms with Crippen molar-refractivity contribution in [2.24, 2.45) is 0 Å². The molecule has 5 heteroatoms. The zero-order valence-corrected chi connectivity index (χ0v) is 28.0. The van der Waals surface area contributed by atoms with Gasteiger partial charge in [0.15, 0.2) is 19.4 Å². The highest BCUT2D eigenvalue weighted by Gasteiger charge is 2.41. The van der Waals surface area contributed by atoms with Gasteiger partial charge in [0.25, 0.3) is 0 Å². The van der Waals surface area contributed by atoms with Crippen molar-refractivity contribution in [1.29, 1.82) is 5.26 Å².